The van der Waals surface area contributed by atoms with E-state index in [0.29, 0.717) is 37.9 Å². The van der Waals surface area contributed by atoms with Crippen molar-refractivity contribution in [1.82, 2.24) is 15.2 Å². The number of hydrogen-bond donors (Lipinski definition) is 2. The SMILES string of the molecule is CNC(=O)c1ccc(N2CCCC(N3CCC(CCCO)(c4ccc(F)cc4)OC3=O)C2)nc1. The van der Waals surface area contributed by atoms with Crippen molar-refractivity contribution >= 4 is 17.8 Å². The molecule has 2 saturated heterocycles. The van der Waals surface area contributed by atoms with Crippen molar-refractivity contribution in [1.29, 1.82) is 0 Å². The Hall–Kier alpha value is -3.20. The third-order valence-electron chi connectivity index (χ3n) is 6.78. The molecule has 4 rings (SSSR count). The zero-order chi connectivity index (χ0) is 24.1. The van der Waals surface area contributed by atoms with E-state index in [1.54, 1.807) is 36.3 Å². The third kappa shape index (κ3) is 4.99. The van der Waals surface area contributed by atoms with E-state index < -0.39 is 5.60 Å². The number of aromatic nitrogens is 1. The fourth-order valence-corrected chi connectivity index (χ4v) is 4.91. The lowest BCUT2D eigenvalue weighted by Crippen LogP contribution is -2.56. The van der Waals surface area contributed by atoms with Gasteiger partial charge in [0.25, 0.3) is 5.91 Å². The monoisotopic (exact) mass is 470 g/mol. The van der Waals surface area contributed by atoms with E-state index in [1.165, 1.54) is 12.1 Å². The van der Waals surface area contributed by atoms with Crippen LogP contribution in [0.15, 0.2) is 42.6 Å². The van der Waals surface area contributed by atoms with Crippen molar-refractivity contribution in [2.75, 3.05) is 38.2 Å². The minimum absolute atomic E-state index is 0.00645. The maximum Gasteiger partial charge on any atom is 0.410 e. The number of ether oxygens (including phenoxy) is 1. The van der Waals surface area contributed by atoms with Crippen LogP contribution < -0.4 is 10.2 Å². The van der Waals surface area contributed by atoms with Crippen LogP contribution in [-0.2, 0) is 10.3 Å². The molecule has 2 amide bonds. The summed E-state index contributed by atoms with van der Waals surface area (Å²) >= 11 is 0. The van der Waals surface area contributed by atoms with Gasteiger partial charge in [-0.15, -0.1) is 0 Å². The summed E-state index contributed by atoms with van der Waals surface area (Å²) in [6.07, 6.45) is 4.48. The minimum atomic E-state index is -0.865. The summed E-state index contributed by atoms with van der Waals surface area (Å²) in [7, 11) is 1.58. The van der Waals surface area contributed by atoms with Crippen molar-refractivity contribution in [3.63, 3.8) is 0 Å². The smallest absolute Gasteiger partial charge is 0.410 e. The molecular weight excluding hydrogens is 439 g/mol. The molecule has 2 unspecified atom stereocenters. The van der Waals surface area contributed by atoms with E-state index >= 15 is 0 Å². The van der Waals surface area contributed by atoms with Crippen LogP contribution in [0.4, 0.5) is 15.0 Å². The fourth-order valence-electron chi connectivity index (χ4n) is 4.91. The highest BCUT2D eigenvalue weighted by atomic mass is 19.1. The first kappa shape index (κ1) is 23.9. The number of nitrogens with zero attached hydrogens (tertiary/aromatic N) is 3. The number of nitrogens with one attached hydrogen (secondary N) is 1. The Morgan fingerprint density at radius 1 is 1.26 bits per heavy atom. The number of hydrogen-bond acceptors (Lipinski definition) is 6. The molecule has 2 aliphatic heterocycles. The van der Waals surface area contributed by atoms with Gasteiger partial charge in [0.2, 0.25) is 0 Å². The normalized spacial score (nSPS) is 22.9. The molecule has 3 heterocycles. The van der Waals surface area contributed by atoms with Crippen LogP contribution in [0.3, 0.4) is 0 Å². The van der Waals surface area contributed by atoms with Crippen molar-refractivity contribution in [3.05, 3.63) is 59.5 Å². The molecule has 0 aliphatic carbocycles. The third-order valence-corrected chi connectivity index (χ3v) is 6.78. The summed E-state index contributed by atoms with van der Waals surface area (Å²) in [5.74, 6) is 0.243. The Morgan fingerprint density at radius 2 is 2.06 bits per heavy atom. The Balaban J connectivity index is 1.46. The number of halogens is 1. The van der Waals surface area contributed by atoms with Crippen LogP contribution in [-0.4, -0.2) is 66.3 Å². The number of piperidine rings is 1. The maximum absolute atomic E-state index is 13.5. The fraction of sp³-hybridized carbons (Fsp3) is 0.480. The van der Waals surface area contributed by atoms with E-state index in [2.05, 4.69) is 15.2 Å². The summed E-state index contributed by atoms with van der Waals surface area (Å²) in [5, 5.41) is 12.0. The summed E-state index contributed by atoms with van der Waals surface area (Å²) in [6, 6.07) is 9.62. The van der Waals surface area contributed by atoms with E-state index in [1.807, 2.05) is 6.07 Å². The van der Waals surface area contributed by atoms with Gasteiger partial charge in [0.1, 0.15) is 17.2 Å². The van der Waals surface area contributed by atoms with Crippen LogP contribution in [0.25, 0.3) is 0 Å². The van der Waals surface area contributed by atoms with Crippen molar-refractivity contribution < 1.29 is 23.8 Å². The van der Waals surface area contributed by atoms with E-state index in [0.717, 1.165) is 30.8 Å². The number of amides is 2. The molecule has 182 valence electrons. The van der Waals surface area contributed by atoms with Gasteiger partial charge in [0.15, 0.2) is 0 Å². The average molecular weight is 471 g/mol. The van der Waals surface area contributed by atoms with E-state index in [4.69, 9.17) is 4.74 Å². The summed E-state index contributed by atoms with van der Waals surface area (Å²) in [4.78, 5) is 33.3. The number of cyclic esters (lactones) is 1. The van der Waals surface area contributed by atoms with Crippen LogP contribution in [0.5, 0.6) is 0 Å². The number of rotatable bonds is 7. The molecule has 2 fully saturated rings. The first-order valence-corrected chi connectivity index (χ1v) is 11.8. The molecule has 9 heteroatoms. The Kier molecular flexibility index (Phi) is 7.31. The molecular formula is C25H31FN4O4. The summed E-state index contributed by atoms with van der Waals surface area (Å²) in [5.41, 5.74) is 0.385. The van der Waals surface area contributed by atoms with Crippen molar-refractivity contribution in [3.8, 4) is 0 Å². The molecule has 0 bridgehead atoms. The summed E-state index contributed by atoms with van der Waals surface area (Å²) < 4.78 is 19.5. The topological polar surface area (TPSA) is 95.0 Å². The number of aliphatic hydroxyl groups is 1. The largest absolute Gasteiger partial charge is 0.438 e. The van der Waals surface area contributed by atoms with Gasteiger partial charge in [0, 0.05) is 45.9 Å². The minimum Gasteiger partial charge on any atom is -0.438 e. The van der Waals surface area contributed by atoms with Gasteiger partial charge >= 0.3 is 6.09 Å². The molecule has 2 N–H and O–H groups in total. The molecule has 34 heavy (non-hydrogen) atoms. The first-order chi connectivity index (χ1) is 16.5. The van der Waals surface area contributed by atoms with Crippen molar-refractivity contribution in [2.45, 2.75) is 43.7 Å². The standard InChI is InChI=1S/C25H31FN4O4/c1-27-23(32)18-5-10-22(28-16-18)29-13-2-4-21(17-29)30-14-12-25(11-3-15-31,34-24(30)33)19-6-8-20(26)9-7-19/h5-10,16,21,31H,2-4,11-15,17H2,1H3,(H,27,32). The van der Waals surface area contributed by atoms with Gasteiger partial charge in [0.05, 0.1) is 11.6 Å². The molecule has 1 aromatic carbocycles. The van der Waals surface area contributed by atoms with Gasteiger partial charge in [-0.2, -0.15) is 0 Å². The molecule has 2 atom stereocenters. The Labute approximate surface area is 198 Å². The van der Waals surface area contributed by atoms with Crippen LogP contribution in [0, 0.1) is 5.82 Å². The molecule has 8 nitrogen and oxygen atoms in total. The second-order valence-corrected chi connectivity index (χ2v) is 8.87. The number of anilines is 1. The summed E-state index contributed by atoms with van der Waals surface area (Å²) in [6.45, 7) is 1.96. The lowest BCUT2D eigenvalue weighted by Gasteiger charge is -2.46. The number of aliphatic hydroxyl groups excluding tert-OH is 1. The lowest BCUT2D eigenvalue weighted by atomic mass is 9.84. The second-order valence-electron chi connectivity index (χ2n) is 8.87. The molecule has 0 saturated carbocycles. The Bertz CT molecular complexity index is 1000. The highest BCUT2D eigenvalue weighted by Gasteiger charge is 2.44. The zero-order valence-corrected chi connectivity index (χ0v) is 19.4. The zero-order valence-electron chi connectivity index (χ0n) is 19.4. The highest BCUT2D eigenvalue weighted by Crippen LogP contribution is 2.39. The van der Waals surface area contributed by atoms with Gasteiger partial charge in [-0.3, -0.25) is 4.79 Å². The quantitative estimate of drug-likeness (QED) is 0.646. The van der Waals surface area contributed by atoms with Crippen LogP contribution in [0.2, 0.25) is 0 Å². The van der Waals surface area contributed by atoms with E-state index in [-0.39, 0.29) is 30.5 Å². The molecule has 2 aromatic rings. The first-order valence-electron chi connectivity index (χ1n) is 11.8. The Morgan fingerprint density at radius 3 is 2.71 bits per heavy atom. The van der Waals surface area contributed by atoms with Gasteiger partial charge in [-0.1, -0.05) is 12.1 Å². The average Bonchev–Trinajstić information content (AvgIpc) is 2.87. The second kappa shape index (κ2) is 10.4. The predicted molar refractivity (Wildman–Crippen MR) is 125 cm³/mol. The van der Waals surface area contributed by atoms with Gasteiger partial charge in [-0.05, 0) is 55.5 Å². The number of carbonyl (C=O) groups is 2. The van der Waals surface area contributed by atoms with Gasteiger partial charge in [-0.25, -0.2) is 14.2 Å². The molecule has 0 radical (unpaired) electrons. The molecule has 0 spiro atoms. The molecule has 2 aliphatic rings. The van der Waals surface area contributed by atoms with Crippen molar-refractivity contribution in [2.24, 2.45) is 0 Å². The van der Waals surface area contributed by atoms with E-state index in [9.17, 15) is 19.1 Å². The number of pyridine rings is 1. The highest BCUT2D eigenvalue weighted by molar-refractivity contribution is 5.93. The predicted octanol–water partition coefficient (Wildman–Crippen LogP) is 3.06. The van der Waals surface area contributed by atoms with Gasteiger partial charge < -0.3 is 25.0 Å². The number of carbonyl (C=O) groups excluding carboxylic acids is 2. The van der Waals surface area contributed by atoms with Crippen LogP contribution >= 0.6 is 0 Å². The molecule has 1 aromatic heterocycles. The van der Waals surface area contributed by atoms with Crippen LogP contribution in [0.1, 0.15) is 48.0 Å². The maximum atomic E-state index is 13.5. The number of benzene rings is 1. The lowest BCUT2D eigenvalue weighted by molar-refractivity contribution is -0.0697.